The molecule has 1 amide bonds. The quantitative estimate of drug-likeness (QED) is 0.363. The van der Waals surface area contributed by atoms with Crippen LogP contribution < -0.4 is 21.2 Å². The number of aromatic nitrogens is 2. The second kappa shape index (κ2) is 9.38. The zero-order valence-corrected chi connectivity index (χ0v) is 20.0. The van der Waals surface area contributed by atoms with E-state index in [0.717, 1.165) is 30.3 Å². The monoisotopic (exact) mass is 513 g/mol. The maximum absolute atomic E-state index is 14.9. The second-order valence-corrected chi connectivity index (χ2v) is 9.42. The van der Waals surface area contributed by atoms with Crippen LogP contribution >= 0.6 is 0 Å². The predicted octanol–water partition coefficient (Wildman–Crippen LogP) is 3.10. The van der Waals surface area contributed by atoms with Crippen molar-refractivity contribution in [2.75, 3.05) is 17.5 Å². The number of carbonyl (C=O) groups excluding carboxylic acids is 1. The van der Waals surface area contributed by atoms with Crippen LogP contribution in [0.25, 0.3) is 22.3 Å². The molecule has 0 spiro atoms. The fourth-order valence-corrected chi connectivity index (χ4v) is 4.80. The zero-order chi connectivity index (χ0) is 26.2. The lowest BCUT2D eigenvalue weighted by molar-refractivity contribution is 0.0962. The van der Waals surface area contributed by atoms with Gasteiger partial charge in [0.1, 0.15) is 28.7 Å². The average Bonchev–Trinajstić information content (AvgIpc) is 2.85. The number of nitrogen functional groups attached to an aromatic ring is 1. The van der Waals surface area contributed by atoms with E-state index in [1.54, 1.807) is 6.92 Å². The first kappa shape index (κ1) is 24.8. The van der Waals surface area contributed by atoms with Crippen molar-refractivity contribution in [3.05, 3.63) is 82.0 Å². The lowest BCUT2D eigenvalue weighted by atomic mass is 10.1. The highest BCUT2D eigenvalue weighted by Crippen LogP contribution is 2.27. The summed E-state index contributed by atoms with van der Waals surface area (Å²) >= 11 is 0. The van der Waals surface area contributed by atoms with Gasteiger partial charge in [-0.2, -0.15) is 0 Å². The largest absolute Gasteiger partial charge is 0.384 e. The lowest BCUT2D eigenvalue weighted by Crippen LogP contribution is -2.30. The Labute approximate surface area is 204 Å². The van der Waals surface area contributed by atoms with Gasteiger partial charge in [0.2, 0.25) is 5.43 Å². The number of halogens is 2. The molecule has 36 heavy (non-hydrogen) atoms. The maximum atomic E-state index is 14.9. The first-order chi connectivity index (χ1) is 17.1. The number of nitrogens with two attached hydrogens (primary N) is 1. The Kier molecular flexibility index (Phi) is 6.46. The summed E-state index contributed by atoms with van der Waals surface area (Å²) in [6.45, 7) is 2.07. The summed E-state index contributed by atoms with van der Waals surface area (Å²) in [5.74, 6) is -2.14. The molecule has 0 bridgehead atoms. The molecule has 0 aliphatic carbocycles. The van der Waals surface area contributed by atoms with Crippen LogP contribution in [-0.4, -0.2) is 30.9 Å². The van der Waals surface area contributed by atoms with Crippen LogP contribution in [-0.2, 0) is 16.6 Å². The average molecular weight is 514 g/mol. The molecular formula is C24H21F2N5O4S. The third-order valence-electron chi connectivity index (χ3n) is 5.55. The molecule has 4 rings (SSSR count). The van der Waals surface area contributed by atoms with E-state index in [4.69, 9.17) is 5.73 Å². The van der Waals surface area contributed by atoms with Crippen molar-refractivity contribution in [3.8, 4) is 11.3 Å². The van der Waals surface area contributed by atoms with E-state index in [0.29, 0.717) is 17.8 Å². The molecule has 4 N–H and O–H groups in total. The summed E-state index contributed by atoms with van der Waals surface area (Å²) in [6.07, 6.45) is 0. The topological polar surface area (TPSA) is 136 Å². The number of amides is 1. The highest BCUT2D eigenvalue weighted by molar-refractivity contribution is 7.92. The highest BCUT2D eigenvalue weighted by atomic mass is 32.2. The van der Waals surface area contributed by atoms with Crippen LogP contribution in [0.2, 0.25) is 0 Å². The second-order valence-electron chi connectivity index (χ2n) is 7.73. The molecule has 2 heterocycles. The number of fused-ring (bicyclic) bond motifs is 1. The van der Waals surface area contributed by atoms with Gasteiger partial charge >= 0.3 is 0 Å². The first-order valence-electron chi connectivity index (χ1n) is 10.7. The number of carbonyl (C=O) groups is 1. The number of hydrogen-bond acceptors (Lipinski definition) is 6. The van der Waals surface area contributed by atoms with Crippen molar-refractivity contribution < 1.29 is 22.0 Å². The lowest BCUT2D eigenvalue weighted by Gasteiger charge is -2.16. The van der Waals surface area contributed by atoms with E-state index in [2.05, 4.69) is 15.0 Å². The van der Waals surface area contributed by atoms with Gasteiger partial charge in [0.25, 0.3) is 15.9 Å². The minimum atomic E-state index is -4.15. The summed E-state index contributed by atoms with van der Waals surface area (Å²) < 4.78 is 56.7. The molecule has 0 aliphatic rings. The van der Waals surface area contributed by atoms with Crippen molar-refractivity contribution in [1.29, 1.82) is 0 Å². The number of sulfonamides is 1. The van der Waals surface area contributed by atoms with Crippen molar-refractivity contribution in [1.82, 2.24) is 14.9 Å². The molecule has 2 aromatic heterocycles. The number of nitrogens with zero attached hydrogens (tertiary/aromatic N) is 2. The van der Waals surface area contributed by atoms with Gasteiger partial charge in [-0.05, 0) is 55.5 Å². The van der Waals surface area contributed by atoms with Gasteiger partial charge in [0.15, 0.2) is 0 Å². The minimum Gasteiger partial charge on any atom is -0.384 e. The third-order valence-corrected chi connectivity index (χ3v) is 6.93. The van der Waals surface area contributed by atoms with Gasteiger partial charge in [-0.1, -0.05) is 6.07 Å². The van der Waals surface area contributed by atoms with Crippen molar-refractivity contribution in [3.63, 3.8) is 0 Å². The molecule has 2 aromatic carbocycles. The summed E-state index contributed by atoms with van der Waals surface area (Å²) in [5.41, 5.74) is 5.84. The number of rotatable bonds is 6. The van der Waals surface area contributed by atoms with Gasteiger partial charge < -0.3 is 15.6 Å². The molecule has 0 saturated carbocycles. The molecule has 186 valence electrons. The molecule has 0 unspecified atom stereocenters. The normalized spacial score (nSPS) is 11.4. The highest BCUT2D eigenvalue weighted by Gasteiger charge is 2.21. The van der Waals surface area contributed by atoms with Gasteiger partial charge in [-0.3, -0.25) is 14.3 Å². The summed E-state index contributed by atoms with van der Waals surface area (Å²) in [5, 5.41) is 2.56. The van der Waals surface area contributed by atoms with Gasteiger partial charge in [0.05, 0.1) is 21.7 Å². The Morgan fingerprint density at radius 1 is 1.08 bits per heavy atom. The van der Waals surface area contributed by atoms with Crippen LogP contribution in [0.3, 0.4) is 0 Å². The van der Waals surface area contributed by atoms with Crippen LogP contribution in [0.15, 0.2) is 64.3 Å². The number of benzene rings is 2. The van der Waals surface area contributed by atoms with Crippen LogP contribution in [0.4, 0.5) is 20.3 Å². The first-order valence-corrected chi connectivity index (χ1v) is 12.2. The van der Waals surface area contributed by atoms with E-state index in [1.807, 2.05) is 0 Å². The molecule has 0 aliphatic heterocycles. The fourth-order valence-electron chi connectivity index (χ4n) is 3.73. The molecular weight excluding hydrogens is 492 g/mol. The Bertz CT molecular complexity index is 1670. The molecule has 0 radical (unpaired) electrons. The van der Waals surface area contributed by atoms with Gasteiger partial charge in [-0.15, -0.1) is 0 Å². The van der Waals surface area contributed by atoms with Crippen LogP contribution in [0.5, 0.6) is 0 Å². The van der Waals surface area contributed by atoms with E-state index < -0.39 is 33.0 Å². The predicted molar refractivity (Wildman–Crippen MR) is 132 cm³/mol. The van der Waals surface area contributed by atoms with Crippen molar-refractivity contribution in [2.45, 2.75) is 18.4 Å². The molecule has 0 atom stereocenters. The van der Waals surface area contributed by atoms with Crippen LogP contribution in [0, 0.1) is 11.6 Å². The van der Waals surface area contributed by atoms with Gasteiger partial charge in [-0.25, -0.2) is 22.2 Å². The van der Waals surface area contributed by atoms with Crippen molar-refractivity contribution in [2.24, 2.45) is 0 Å². The fraction of sp³-hybridized carbons (Fsp3) is 0.125. The van der Waals surface area contributed by atoms with Crippen LogP contribution in [0.1, 0.15) is 17.3 Å². The number of aryl methyl sites for hydroxylation is 1. The van der Waals surface area contributed by atoms with Crippen molar-refractivity contribution >= 4 is 38.5 Å². The summed E-state index contributed by atoms with van der Waals surface area (Å²) in [4.78, 5) is 29.3. The Morgan fingerprint density at radius 2 is 1.78 bits per heavy atom. The van der Waals surface area contributed by atoms with E-state index in [-0.39, 0.29) is 33.0 Å². The Morgan fingerprint density at radius 3 is 2.39 bits per heavy atom. The smallest absolute Gasteiger partial charge is 0.261 e. The number of nitrogens with one attached hydrogen (secondary N) is 2. The Hall–Kier alpha value is -4.32. The Balaban J connectivity index is 1.75. The molecule has 12 heteroatoms. The van der Waals surface area contributed by atoms with E-state index >= 15 is 0 Å². The maximum Gasteiger partial charge on any atom is 0.261 e. The minimum absolute atomic E-state index is 0.0456. The number of hydrogen-bond donors (Lipinski definition) is 3. The summed E-state index contributed by atoms with van der Waals surface area (Å²) in [7, 11) is -2.76. The summed E-state index contributed by atoms with van der Waals surface area (Å²) in [6, 6.07) is 10.8. The number of anilines is 2. The molecule has 0 saturated heterocycles. The molecule has 9 nitrogen and oxygen atoms in total. The number of pyridine rings is 2. The van der Waals surface area contributed by atoms with Gasteiger partial charge in [0, 0.05) is 19.2 Å². The molecule has 4 aromatic rings. The zero-order valence-electron chi connectivity index (χ0n) is 19.2. The SMILES string of the molecule is CCn1c(N)c(C(=O)NC)c(=O)c2ccc(-c3ccc(NS(=O)(=O)c4ccc(F)cc4)c(F)c3)nc21. The van der Waals surface area contributed by atoms with E-state index in [1.165, 1.54) is 35.9 Å². The van der Waals surface area contributed by atoms with E-state index in [9.17, 15) is 26.8 Å². The third kappa shape index (κ3) is 4.38. The standard InChI is InChI=1S/C24H21F2N5O4S/c1-3-31-22(27)20(24(33)28-2)21(32)16-9-11-18(29-23(16)31)13-4-10-19(17(26)12-13)30-36(34,35)15-7-5-14(25)6-8-15/h4-12,30H,3,27H2,1-2H3,(H,28,33). The molecule has 0 fully saturated rings.